The summed E-state index contributed by atoms with van der Waals surface area (Å²) in [5, 5.41) is 8.62. The second-order valence-electron chi connectivity index (χ2n) is 4.22. The van der Waals surface area contributed by atoms with E-state index in [0.29, 0.717) is 0 Å². The van der Waals surface area contributed by atoms with Crippen LogP contribution in [0.25, 0.3) is 5.57 Å². The van der Waals surface area contributed by atoms with Crippen LogP contribution in [-0.4, -0.2) is 18.2 Å². The zero-order valence-electron chi connectivity index (χ0n) is 11.4. The summed E-state index contributed by atoms with van der Waals surface area (Å²) in [7, 11) is 1.64. The Labute approximate surface area is 114 Å². The van der Waals surface area contributed by atoms with Gasteiger partial charge in [-0.25, -0.2) is 4.79 Å². The third-order valence-electron chi connectivity index (χ3n) is 2.78. The van der Waals surface area contributed by atoms with E-state index < -0.39 is 5.97 Å². The van der Waals surface area contributed by atoms with Crippen molar-refractivity contribution in [3.05, 3.63) is 48.1 Å². The molecule has 0 saturated carbocycles. The molecule has 0 aliphatic heterocycles. The molecule has 102 valence electrons. The molecule has 0 aromatic heterocycles. The first kappa shape index (κ1) is 15.0. The van der Waals surface area contributed by atoms with Crippen molar-refractivity contribution in [2.75, 3.05) is 7.11 Å². The van der Waals surface area contributed by atoms with Crippen molar-refractivity contribution in [1.29, 1.82) is 0 Å². The normalized spacial score (nSPS) is 11.8. The maximum Gasteiger partial charge on any atom is 0.328 e. The number of hydrogen-bond donors (Lipinski definition) is 1. The third-order valence-corrected chi connectivity index (χ3v) is 2.78. The highest BCUT2D eigenvalue weighted by atomic mass is 16.5. The lowest BCUT2D eigenvalue weighted by atomic mass is 9.99. The van der Waals surface area contributed by atoms with Gasteiger partial charge in [0.25, 0.3) is 0 Å². The number of ether oxygens (including phenoxy) is 1. The Bertz CT molecular complexity index is 473. The molecule has 0 heterocycles. The molecular weight excluding hydrogens is 240 g/mol. The van der Waals surface area contributed by atoms with Gasteiger partial charge in [-0.3, -0.25) is 0 Å². The Balaban J connectivity index is 2.97. The molecule has 19 heavy (non-hydrogen) atoms. The molecule has 0 spiro atoms. The van der Waals surface area contributed by atoms with Crippen LogP contribution in [0.15, 0.2) is 42.5 Å². The average Bonchev–Trinajstić information content (AvgIpc) is 2.42. The molecule has 1 rings (SSSR count). The Morgan fingerprint density at radius 3 is 2.84 bits per heavy atom. The number of methoxy groups -OCH3 is 1. The summed E-state index contributed by atoms with van der Waals surface area (Å²) in [5.41, 5.74) is 2.20. The zero-order chi connectivity index (χ0) is 14.1. The van der Waals surface area contributed by atoms with Gasteiger partial charge in [-0.05, 0) is 36.1 Å². The third kappa shape index (κ3) is 5.42. The van der Waals surface area contributed by atoms with Crippen LogP contribution in [0.5, 0.6) is 5.75 Å². The fourth-order valence-corrected chi connectivity index (χ4v) is 1.76. The summed E-state index contributed by atoms with van der Waals surface area (Å²) in [5.74, 6) is -0.126. The number of carboxylic acid groups (broad SMARTS) is 1. The maximum atomic E-state index is 10.5. The van der Waals surface area contributed by atoms with Crippen molar-refractivity contribution in [3.8, 4) is 5.75 Å². The van der Waals surface area contributed by atoms with Gasteiger partial charge in [0.2, 0.25) is 0 Å². The zero-order valence-corrected chi connectivity index (χ0v) is 11.4. The summed E-state index contributed by atoms with van der Waals surface area (Å²) in [4.78, 5) is 10.5. The largest absolute Gasteiger partial charge is 0.497 e. The minimum atomic E-state index is -0.934. The monoisotopic (exact) mass is 260 g/mol. The van der Waals surface area contributed by atoms with Crippen LogP contribution in [0.1, 0.15) is 31.7 Å². The first-order valence-corrected chi connectivity index (χ1v) is 6.42. The number of benzene rings is 1. The van der Waals surface area contributed by atoms with Crippen molar-refractivity contribution in [3.63, 3.8) is 0 Å². The molecule has 0 bridgehead atoms. The van der Waals surface area contributed by atoms with E-state index in [0.717, 1.165) is 42.2 Å². The van der Waals surface area contributed by atoms with Gasteiger partial charge in [-0.1, -0.05) is 37.6 Å². The topological polar surface area (TPSA) is 46.5 Å². The number of aliphatic carboxylic acids is 1. The molecule has 0 atom stereocenters. The number of unbranched alkanes of at least 4 members (excludes halogenated alkanes) is 1. The van der Waals surface area contributed by atoms with E-state index in [2.05, 4.69) is 6.92 Å². The van der Waals surface area contributed by atoms with Gasteiger partial charge in [0.15, 0.2) is 0 Å². The van der Waals surface area contributed by atoms with Gasteiger partial charge >= 0.3 is 5.97 Å². The fraction of sp³-hybridized carbons (Fsp3) is 0.312. The van der Waals surface area contributed by atoms with Crippen molar-refractivity contribution < 1.29 is 14.6 Å². The van der Waals surface area contributed by atoms with Gasteiger partial charge in [0.05, 0.1) is 7.11 Å². The number of rotatable bonds is 7. The number of allylic oxidation sites excluding steroid dienone is 3. The van der Waals surface area contributed by atoms with Crippen molar-refractivity contribution in [1.82, 2.24) is 0 Å². The fourth-order valence-electron chi connectivity index (χ4n) is 1.76. The Kier molecular flexibility index (Phi) is 6.44. The lowest BCUT2D eigenvalue weighted by Crippen LogP contribution is -1.89. The SMILES string of the molecule is CCCC/C(=C/C=C/C(=O)O)c1cccc(OC)c1. The predicted octanol–water partition coefficient (Wildman–Crippen LogP) is 3.91. The molecule has 1 aromatic carbocycles. The van der Waals surface area contributed by atoms with Gasteiger partial charge < -0.3 is 9.84 Å². The first-order valence-electron chi connectivity index (χ1n) is 6.42. The van der Waals surface area contributed by atoms with Crippen molar-refractivity contribution in [2.45, 2.75) is 26.2 Å². The molecular formula is C16H20O3. The van der Waals surface area contributed by atoms with Crippen LogP contribution in [0.3, 0.4) is 0 Å². The molecule has 0 saturated heterocycles. The smallest absolute Gasteiger partial charge is 0.328 e. The van der Waals surface area contributed by atoms with Crippen molar-refractivity contribution in [2.24, 2.45) is 0 Å². The Morgan fingerprint density at radius 1 is 1.42 bits per heavy atom. The molecule has 0 aliphatic rings. The summed E-state index contributed by atoms with van der Waals surface area (Å²) >= 11 is 0. The first-order chi connectivity index (χ1) is 9.17. The molecule has 3 heteroatoms. The summed E-state index contributed by atoms with van der Waals surface area (Å²) in [6, 6.07) is 7.82. The number of carboxylic acids is 1. The standard InChI is InChI=1S/C16H20O3/c1-3-4-7-13(8-6-11-16(17)18)14-9-5-10-15(12-14)19-2/h5-6,8-12H,3-4,7H2,1-2H3,(H,17,18)/b11-6+,13-8-. The van der Waals surface area contributed by atoms with Crippen LogP contribution in [0, 0.1) is 0 Å². The van der Waals surface area contributed by atoms with Crippen LogP contribution < -0.4 is 4.74 Å². The van der Waals surface area contributed by atoms with E-state index >= 15 is 0 Å². The van der Waals surface area contributed by atoms with Crippen LogP contribution in [0.4, 0.5) is 0 Å². The van der Waals surface area contributed by atoms with E-state index in [-0.39, 0.29) is 0 Å². The Morgan fingerprint density at radius 2 is 2.21 bits per heavy atom. The minimum Gasteiger partial charge on any atom is -0.497 e. The van der Waals surface area contributed by atoms with Crippen LogP contribution in [-0.2, 0) is 4.79 Å². The van der Waals surface area contributed by atoms with E-state index in [4.69, 9.17) is 9.84 Å². The van der Waals surface area contributed by atoms with E-state index in [1.807, 2.05) is 30.3 Å². The highest BCUT2D eigenvalue weighted by Gasteiger charge is 2.02. The maximum absolute atomic E-state index is 10.5. The molecule has 0 amide bonds. The molecule has 0 aliphatic carbocycles. The van der Waals surface area contributed by atoms with Gasteiger partial charge in [0.1, 0.15) is 5.75 Å². The van der Waals surface area contributed by atoms with Crippen LogP contribution in [0.2, 0.25) is 0 Å². The quantitative estimate of drug-likeness (QED) is 0.597. The highest BCUT2D eigenvalue weighted by Crippen LogP contribution is 2.24. The summed E-state index contributed by atoms with van der Waals surface area (Å²) in [6.45, 7) is 2.14. The van der Waals surface area contributed by atoms with Crippen molar-refractivity contribution >= 4 is 11.5 Å². The predicted molar refractivity (Wildman–Crippen MR) is 77.3 cm³/mol. The van der Waals surface area contributed by atoms with Gasteiger partial charge in [0, 0.05) is 6.08 Å². The van der Waals surface area contributed by atoms with Gasteiger partial charge in [-0.15, -0.1) is 0 Å². The van der Waals surface area contributed by atoms with E-state index in [1.165, 1.54) is 0 Å². The van der Waals surface area contributed by atoms with Crippen LogP contribution >= 0.6 is 0 Å². The van der Waals surface area contributed by atoms with E-state index in [9.17, 15) is 4.79 Å². The average molecular weight is 260 g/mol. The molecule has 3 nitrogen and oxygen atoms in total. The number of hydrogen-bond acceptors (Lipinski definition) is 2. The van der Waals surface area contributed by atoms with E-state index in [1.54, 1.807) is 13.2 Å². The lowest BCUT2D eigenvalue weighted by Gasteiger charge is -2.08. The summed E-state index contributed by atoms with van der Waals surface area (Å²) < 4.78 is 5.21. The number of carbonyl (C=O) groups is 1. The molecule has 1 aromatic rings. The Hall–Kier alpha value is -2.03. The molecule has 0 radical (unpaired) electrons. The highest BCUT2D eigenvalue weighted by molar-refractivity contribution is 5.81. The molecule has 0 unspecified atom stereocenters. The lowest BCUT2D eigenvalue weighted by molar-refractivity contribution is -0.131. The second-order valence-corrected chi connectivity index (χ2v) is 4.22. The summed E-state index contributed by atoms with van der Waals surface area (Å²) in [6.07, 6.45) is 7.68. The second kappa shape index (κ2) is 8.14. The minimum absolute atomic E-state index is 0.808. The van der Waals surface area contributed by atoms with Gasteiger partial charge in [-0.2, -0.15) is 0 Å². The molecule has 0 fully saturated rings. The molecule has 1 N–H and O–H groups in total.